The van der Waals surface area contributed by atoms with E-state index in [4.69, 9.17) is 4.42 Å². The molecule has 0 aliphatic heterocycles. The fourth-order valence-electron chi connectivity index (χ4n) is 1.49. The Morgan fingerprint density at radius 2 is 2.00 bits per heavy atom. The normalized spacial score (nSPS) is 10.2. The lowest BCUT2D eigenvalue weighted by Crippen LogP contribution is -2.10. The highest BCUT2D eigenvalue weighted by molar-refractivity contribution is 6.03. The summed E-state index contributed by atoms with van der Waals surface area (Å²) >= 11 is 0. The largest absolute Gasteiger partial charge is 0.506 e. The molecular weight excluding hydrogens is 218 g/mol. The molecule has 0 aliphatic rings. The Balaban J connectivity index is 2.18. The molecule has 2 N–H and O–H groups in total. The van der Waals surface area contributed by atoms with Crippen LogP contribution in [0.3, 0.4) is 0 Å². The van der Waals surface area contributed by atoms with Gasteiger partial charge < -0.3 is 14.8 Å². The van der Waals surface area contributed by atoms with E-state index >= 15 is 0 Å². The van der Waals surface area contributed by atoms with Crippen LogP contribution < -0.4 is 5.32 Å². The Kier molecular flexibility index (Phi) is 2.87. The molecule has 0 spiro atoms. The zero-order chi connectivity index (χ0) is 12.4. The minimum absolute atomic E-state index is 0.0432. The molecule has 1 heterocycles. The molecule has 0 saturated carbocycles. The number of carbonyl (C=O) groups is 1. The van der Waals surface area contributed by atoms with Crippen LogP contribution in [-0.4, -0.2) is 11.0 Å². The van der Waals surface area contributed by atoms with Crippen molar-refractivity contribution in [3.05, 3.63) is 47.4 Å². The smallest absolute Gasteiger partial charge is 0.291 e. The van der Waals surface area contributed by atoms with Crippen LogP contribution in [0.2, 0.25) is 0 Å². The lowest BCUT2D eigenvalue weighted by Gasteiger charge is -2.06. The number of anilines is 1. The van der Waals surface area contributed by atoms with Gasteiger partial charge in [0.25, 0.3) is 5.91 Å². The highest BCUT2D eigenvalue weighted by Gasteiger charge is 2.12. The maximum Gasteiger partial charge on any atom is 0.291 e. The first kappa shape index (κ1) is 11.3. The van der Waals surface area contributed by atoms with Gasteiger partial charge in [-0.25, -0.2) is 0 Å². The number of amides is 1. The highest BCUT2D eigenvalue weighted by atomic mass is 16.3. The number of aryl methyl sites for hydroxylation is 2. The molecule has 17 heavy (non-hydrogen) atoms. The summed E-state index contributed by atoms with van der Waals surface area (Å²) in [5.74, 6) is 0.560. The number of hydrogen-bond donors (Lipinski definition) is 2. The number of phenolic OH excluding ortho intramolecular Hbond substituents is 1. The quantitative estimate of drug-likeness (QED) is 0.781. The second-order valence-corrected chi connectivity index (χ2v) is 3.89. The van der Waals surface area contributed by atoms with Crippen LogP contribution in [0, 0.1) is 13.8 Å². The average molecular weight is 231 g/mol. The van der Waals surface area contributed by atoms with Crippen LogP contribution in [0.25, 0.3) is 0 Å². The molecule has 0 bridgehead atoms. The lowest BCUT2D eigenvalue weighted by atomic mass is 10.2. The molecule has 0 unspecified atom stereocenters. The van der Waals surface area contributed by atoms with Gasteiger partial charge in [0.2, 0.25) is 0 Å². The summed E-state index contributed by atoms with van der Waals surface area (Å²) < 4.78 is 5.19. The SMILES string of the molecule is Cc1ccc(NC(=O)c2ccc(C)o2)c(O)c1. The minimum atomic E-state index is -0.378. The van der Waals surface area contributed by atoms with Crippen LogP contribution >= 0.6 is 0 Å². The first-order valence-corrected chi connectivity index (χ1v) is 5.23. The Morgan fingerprint density at radius 3 is 2.59 bits per heavy atom. The number of nitrogens with one attached hydrogen (secondary N) is 1. The number of furan rings is 1. The summed E-state index contributed by atoms with van der Waals surface area (Å²) in [5, 5.41) is 12.2. The van der Waals surface area contributed by atoms with Crippen molar-refractivity contribution in [3.8, 4) is 5.75 Å². The van der Waals surface area contributed by atoms with Gasteiger partial charge >= 0.3 is 0 Å². The van der Waals surface area contributed by atoms with Crippen molar-refractivity contribution >= 4 is 11.6 Å². The number of benzene rings is 1. The Bertz CT molecular complexity index is 558. The molecule has 2 rings (SSSR count). The van der Waals surface area contributed by atoms with Gasteiger partial charge in [0.05, 0.1) is 5.69 Å². The average Bonchev–Trinajstić information content (AvgIpc) is 2.69. The van der Waals surface area contributed by atoms with Crippen LogP contribution in [0.15, 0.2) is 34.7 Å². The summed E-state index contributed by atoms with van der Waals surface area (Å²) in [4.78, 5) is 11.7. The summed E-state index contributed by atoms with van der Waals surface area (Å²) in [7, 11) is 0. The van der Waals surface area contributed by atoms with Crippen molar-refractivity contribution in [3.63, 3.8) is 0 Å². The zero-order valence-electron chi connectivity index (χ0n) is 9.65. The Morgan fingerprint density at radius 1 is 1.24 bits per heavy atom. The number of phenols is 1. The second kappa shape index (κ2) is 4.33. The van der Waals surface area contributed by atoms with Gasteiger partial charge in [0.15, 0.2) is 5.76 Å². The molecule has 0 radical (unpaired) electrons. The molecule has 0 fully saturated rings. The van der Waals surface area contributed by atoms with Gasteiger partial charge in [0, 0.05) is 0 Å². The van der Waals surface area contributed by atoms with E-state index in [-0.39, 0.29) is 17.4 Å². The van der Waals surface area contributed by atoms with E-state index in [0.717, 1.165) is 5.56 Å². The molecule has 1 aromatic heterocycles. The van der Waals surface area contributed by atoms with E-state index in [0.29, 0.717) is 11.4 Å². The van der Waals surface area contributed by atoms with Crippen molar-refractivity contribution in [2.24, 2.45) is 0 Å². The first-order valence-electron chi connectivity index (χ1n) is 5.23. The molecule has 1 amide bonds. The van der Waals surface area contributed by atoms with Crippen LogP contribution in [-0.2, 0) is 0 Å². The molecule has 0 aliphatic carbocycles. The summed E-state index contributed by atoms with van der Waals surface area (Å²) in [6.07, 6.45) is 0. The highest BCUT2D eigenvalue weighted by Crippen LogP contribution is 2.24. The van der Waals surface area contributed by atoms with Crippen molar-refractivity contribution in [1.82, 2.24) is 0 Å². The summed E-state index contributed by atoms with van der Waals surface area (Å²) in [5.41, 5.74) is 1.30. The molecule has 88 valence electrons. The van der Waals surface area contributed by atoms with E-state index in [1.54, 1.807) is 31.2 Å². The number of rotatable bonds is 2. The van der Waals surface area contributed by atoms with E-state index in [2.05, 4.69) is 5.32 Å². The molecule has 4 nitrogen and oxygen atoms in total. The Hall–Kier alpha value is -2.23. The number of hydrogen-bond acceptors (Lipinski definition) is 3. The fourth-order valence-corrected chi connectivity index (χ4v) is 1.49. The molecule has 2 aromatic rings. The predicted octanol–water partition coefficient (Wildman–Crippen LogP) is 2.85. The van der Waals surface area contributed by atoms with E-state index in [1.165, 1.54) is 0 Å². The van der Waals surface area contributed by atoms with Gasteiger partial charge in [-0.1, -0.05) is 6.07 Å². The summed E-state index contributed by atoms with van der Waals surface area (Å²) in [6.45, 7) is 3.63. The molecule has 0 atom stereocenters. The van der Waals surface area contributed by atoms with Gasteiger partial charge in [-0.2, -0.15) is 0 Å². The van der Waals surface area contributed by atoms with E-state index in [9.17, 15) is 9.90 Å². The molecular formula is C13H13NO3. The van der Waals surface area contributed by atoms with Crippen molar-refractivity contribution in [2.45, 2.75) is 13.8 Å². The van der Waals surface area contributed by atoms with Gasteiger partial charge in [-0.05, 0) is 43.7 Å². The van der Waals surface area contributed by atoms with Crippen molar-refractivity contribution in [1.29, 1.82) is 0 Å². The standard InChI is InChI=1S/C13H13NO3/c1-8-3-5-10(11(15)7-8)14-13(16)12-6-4-9(2)17-12/h3-7,15H,1-2H3,(H,14,16). The van der Waals surface area contributed by atoms with Gasteiger partial charge in [-0.15, -0.1) is 0 Å². The number of aromatic hydroxyl groups is 1. The van der Waals surface area contributed by atoms with Crippen LogP contribution in [0.5, 0.6) is 5.75 Å². The topological polar surface area (TPSA) is 62.5 Å². The second-order valence-electron chi connectivity index (χ2n) is 3.89. The maximum atomic E-state index is 11.7. The van der Waals surface area contributed by atoms with Crippen molar-refractivity contribution < 1.29 is 14.3 Å². The number of carbonyl (C=O) groups excluding carboxylic acids is 1. The molecule has 1 aromatic carbocycles. The zero-order valence-corrected chi connectivity index (χ0v) is 9.65. The van der Waals surface area contributed by atoms with Crippen LogP contribution in [0.4, 0.5) is 5.69 Å². The molecule has 4 heteroatoms. The van der Waals surface area contributed by atoms with Gasteiger partial charge in [0.1, 0.15) is 11.5 Å². The van der Waals surface area contributed by atoms with Crippen molar-refractivity contribution in [2.75, 3.05) is 5.32 Å². The fraction of sp³-hybridized carbons (Fsp3) is 0.154. The van der Waals surface area contributed by atoms with Crippen LogP contribution in [0.1, 0.15) is 21.9 Å². The summed E-state index contributed by atoms with van der Waals surface area (Å²) in [6, 6.07) is 8.35. The van der Waals surface area contributed by atoms with E-state index in [1.807, 2.05) is 13.0 Å². The van der Waals surface area contributed by atoms with Gasteiger partial charge in [-0.3, -0.25) is 4.79 Å². The third-order valence-electron chi connectivity index (χ3n) is 2.37. The third kappa shape index (κ3) is 2.47. The van der Waals surface area contributed by atoms with E-state index < -0.39 is 0 Å². The Labute approximate surface area is 98.9 Å². The predicted molar refractivity (Wildman–Crippen MR) is 64.2 cm³/mol. The maximum absolute atomic E-state index is 11.7. The lowest BCUT2D eigenvalue weighted by molar-refractivity contribution is 0.0995. The molecule has 0 saturated heterocycles. The minimum Gasteiger partial charge on any atom is -0.506 e. The third-order valence-corrected chi connectivity index (χ3v) is 2.37. The first-order chi connectivity index (χ1) is 8.06. The monoisotopic (exact) mass is 231 g/mol.